The average molecular weight is 520 g/mol. The smallest absolute Gasteiger partial charge is 0.352 e. The van der Waals surface area contributed by atoms with E-state index in [1.54, 1.807) is 0 Å². The molecule has 0 aromatic heterocycles. The number of rotatable bonds is 7. The van der Waals surface area contributed by atoms with Gasteiger partial charge in [-0.1, -0.05) is 42.0 Å². The molecule has 2 atom stereocenters. The SMILES string of the molecule is CC(F)(F)c1cc(CNC(=O)[C@H]2CC[C@@H](CC3CCC(=Cc4ccccc4)CC3)C2)cc(C(F)(F)F)c1. The summed E-state index contributed by atoms with van der Waals surface area (Å²) < 4.78 is 67.1. The van der Waals surface area contributed by atoms with Gasteiger partial charge in [-0.2, -0.15) is 13.2 Å². The maximum absolute atomic E-state index is 13.7. The largest absolute Gasteiger partial charge is 0.416 e. The number of allylic oxidation sites excluding steroid dienone is 1. The first-order valence-corrected chi connectivity index (χ1v) is 13.1. The Kier molecular flexibility index (Phi) is 8.39. The van der Waals surface area contributed by atoms with E-state index in [4.69, 9.17) is 0 Å². The second-order valence-corrected chi connectivity index (χ2v) is 10.8. The highest BCUT2D eigenvalue weighted by atomic mass is 19.4. The molecule has 0 saturated heterocycles. The Labute approximate surface area is 215 Å². The van der Waals surface area contributed by atoms with Crippen LogP contribution in [0.15, 0.2) is 54.1 Å². The number of amides is 1. The van der Waals surface area contributed by atoms with Crippen LogP contribution in [0.4, 0.5) is 22.0 Å². The molecule has 0 bridgehead atoms. The van der Waals surface area contributed by atoms with E-state index in [-0.39, 0.29) is 23.9 Å². The summed E-state index contributed by atoms with van der Waals surface area (Å²) in [4.78, 5) is 12.7. The van der Waals surface area contributed by atoms with E-state index in [0.29, 0.717) is 24.8 Å². The monoisotopic (exact) mass is 519 g/mol. The number of carbonyl (C=O) groups excluding carboxylic acids is 1. The van der Waals surface area contributed by atoms with Crippen LogP contribution in [0.2, 0.25) is 0 Å². The third kappa shape index (κ3) is 7.65. The number of hydrogen-bond acceptors (Lipinski definition) is 1. The van der Waals surface area contributed by atoms with Crippen LogP contribution >= 0.6 is 0 Å². The molecule has 2 nitrogen and oxygen atoms in total. The maximum Gasteiger partial charge on any atom is 0.416 e. The second-order valence-electron chi connectivity index (χ2n) is 10.8. The molecule has 4 rings (SSSR count). The summed E-state index contributed by atoms with van der Waals surface area (Å²) in [6.07, 6.45) is 5.67. The molecule has 0 heterocycles. The minimum absolute atomic E-state index is 0.0239. The first-order valence-electron chi connectivity index (χ1n) is 13.1. The van der Waals surface area contributed by atoms with E-state index in [1.165, 1.54) is 11.1 Å². The number of carbonyl (C=O) groups is 1. The van der Waals surface area contributed by atoms with Gasteiger partial charge in [-0.25, -0.2) is 8.78 Å². The number of benzene rings is 2. The van der Waals surface area contributed by atoms with Crippen molar-refractivity contribution >= 4 is 12.0 Å². The van der Waals surface area contributed by atoms with E-state index in [9.17, 15) is 26.7 Å². The predicted octanol–water partition coefficient (Wildman–Crippen LogP) is 8.51. The molecule has 2 aliphatic rings. The van der Waals surface area contributed by atoms with Gasteiger partial charge in [0, 0.05) is 24.9 Å². The molecular weight excluding hydrogens is 485 g/mol. The van der Waals surface area contributed by atoms with Crippen molar-refractivity contribution in [3.63, 3.8) is 0 Å². The van der Waals surface area contributed by atoms with Gasteiger partial charge in [0.15, 0.2) is 0 Å². The summed E-state index contributed by atoms with van der Waals surface area (Å²) in [5.74, 6) is -2.67. The Morgan fingerprint density at radius 1 is 0.919 bits per heavy atom. The minimum atomic E-state index is -4.74. The molecular formula is C30H34F5NO. The lowest BCUT2D eigenvalue weighted by Gasteiger charge is -2.26. The number of nitrogens with one attached hydrogen (secondary N) is 1. The average Bonchev–Trinajstić information content (AvgIpc) is 3.32. The molecule has 1 amide bonds. The molecule has 0 radical (unpaired) electrons. The van der Waals surface area contributed by atoms with Crippen molar-refractivity contribution in [1.29, 1.82) is 0 Å². The van der Waals surface area contributed by atoms with Crippen molar-refractivity contribution in [3.8, 4) is 0 Å². The van der Waals surface area contributed by atoms with Crippen LogP contribution in [0, 0.1) is 17.8 Å². The van der Waals surface area contributed by atoms with Crippen LogP contribution < -0.4 is 5.32 Å². The fourth-order valence-electron chi connectivity index (χ4n) is 5.76. The highest BCUT2D eigenvalue weighted by Crippen LogP contribution is 2.40. The van der Waals surface area contributed by atoms with Crippen molar-refractivity contribution in [2.24, 2.45) is 17.8 Å². The Morgan fingerprint density at radius 3 is 2.24 bits per heavy atom. The van der Waals surface area contributed by atoms with Crippen LogP contribution in [0.1, 0.15) is 80.5 Å². The second kappa shape index (κ2) is 11.4. The fourth-order valence-corrected chi connectivity index (χ4v) is 5.76. The molecule has 2 aromatic carbocycles. The summed E-state index contributed by atoms with van der Waals surface area (Å²) >= 11 is 0. The van der Waals surface area contributed by atoms with Gasteiger partial charge < -0.3 is 5.32 Å². The van der Waals surface area contributed by atoms with E-state index < -0.39 is 23.2 Å². The number of halogens is 5. The topological polar surface area (TPSA) is 29.1 Å². The third-order valence-electron chi connectivity index (χ3n) is 7.79. The van der Waals surface area contributed by atoms with Gasteiger partial charge in [0.05, 0.1) is 5.56 Å². The summed E-state index contributed by atoms with van der Waals surface area (Å²) in [5.41, 5.74) is 0.915. The van der Waals surface area contributed by atoms with Crippen LogP contribution in [0.25, 0.3) is 6.08 Å². The quantitative estimate of drug-likeness (QED) is 0.365. The highest BCUT2D eigenvalue weighted by molar-refractivity contribution is 5.78. The van der Waals surface area contributed by atoms with Crippen LogP contribution in [-0.2, 0) is 23.4 Å². The van der Waals surface area contributed by atoms with Crippen molar-refractivity contribution in [2.45, 2.75) is 76.9 Å². The van der Waals surface area contributed by atoms with Crippen LogP contribution in [-0.4, -0.2) is 5.91 Å². The number of alkyl halides is 5. The normalized spacial score (nSPS) is 22.6. The van der Waals surface area contributed by atoms with Crippen molar-refractivity contribution in [3.05, 3.63) is 76.4 Å². The minimum Gasteiger partial charge on any atom is -0.352 e. The van der Waals surface area contributed by atoms with Gasteiger partial charge in [0.2, 0.25) is 5.91 Å². The van der Waals surface area contributed by atoms with Gasteiger partial charge in [-0.15, -0.1) is 0 Å². The Morgan fingerprint density at radius 2 is 1.59 bits per heavy atom. The molecule has 2 fully saturated rings. The predicted molar refractivity (Wildman–Crippen MR) is 135 cm³/mol. The molecule has 7 heteroatoms. The molecule has 200 valence electrons. The standard InChI is InChI=1S/C30H34F5NO/c1-29(31,32)26-16-24(17-27(18-26)30(33,34)35)19-36-28(37)25-12-11-23(15-25)14-22-9-7-21(8-10-22)13-20-5-3-2-4-6-20/h2-6,13,16-18,22-23,25H,7-12,14-15,19H2,1H3,(H,36,37)/t22?,23-,25-/m0/s1. The molecule has 0 aliphatic heterocycles. The lowest BCUT2D eigenvalue weighted by atomic mass is 9.79. The number of hydrogen-bond donors (Lipinski definition) is 1. The Bertz CT molecular complexity index is 1060. The molecule has 2 saturated carbocycles. The first kappa shape index (κ1) is 27.3. The van der Waals surface area contributed by atoms with Gasteiger partial charge in [-0.05, 0) is 92.5 Å². The fraction of sp³-hybridized carbons (Fsp3) is 0.500. The maximum atomic E-state index is 13.7. The molecule has 37 heavy (non-hydrogen) atoms. The van der Waals surface area contributed by atoms with E-state index in [0.717, 1.165) is 63.5 Å². The molecule has 0 unspecified atom stereocenters. The van der Waals surface area contributed by atoms with Crippen LogP contribution in [0.3, 0.4) is 0 Å². The van der Waals surface area contributed by atoms with E-state index in [1.807, 2.05) is 18.2 Å². The van der Waals surface area contributed by atoms with Gasteiger partial charge in [0.25, 0.3) is 5.92 Å². The zero-order valence-corrected chi connectivity index (χ0v) is 21.1. The van der Waals surface area contributed by atoms with Gasteiger partial charge in [-0.3, -0.25) is 4.79 Å². The van der Waals surface area contributed by atoms with E-state index >= 15 is 0 Å². The van der Waals surface area contributed by atoms with E-state index in [2.05, 4.69) is 23.5 Å². The molecule has 1 N–H and O–H groups in total. The lowest BCUT2D eigenvalue weighted by molar-refractivity contribution is -0.137. The summed E-state index contributed by atoms with van der Waals surface area (Å²) in [6.45, 7) is 0.363. The zero-order chi connectivity index (χ0) is 26.6. The molecule has 2 aliphatic carbocycles. The zero-order valence-electron chi connectivity index (χ0n) is 21.1. The van der Waals surface area contributed by atoms with Crippen molar-refractivity contribution in [1.82, 2.24) is 5.32 Å². The molecule has 0 spiro atoms. The Balaban J connectivity index is 1.26. The summed E-state index contributed by atoms with van der Waals surface area (Å²) in [7, 11) is 0. The van der Waals surface area contributed by atoms with Gasteiger partial charge in [0.1, 0.15) is 0 Å². The van der Waals surface area contributed by atoms with Gasteiger partial charge >= 0.3 is 6.18 Å². The van der Waals surface area contributed by atoms with Crippen molar-refractivity contribution < 1.29 is 26.7 Å². The van der Waals surface area contributed by atoms with Crippen LogP contribution in [0.5, 0.6) is 0 Å². The summed E-state index contributed by atoms with van der Waals surface area (Å²) in [5, 5.41) is 2.69. The third-order valence-corrected chi connectivity index (χ3v) is 7.79. The molecule has 2 aromatic rings. The first-order chi connectivity index (χ1) is 17.5. The highest BCUT2D eigenvalue weighted by Gasteiger charge is 2.35. The van der Waals surface area contributed by atoms with Crippen molar-refractivity contribution in [2.75, 3.05) is 0 Å². The lowest BCUT2D eigenvalue weighted by Crippen LogP contribution is -2.29. The Hall–Kier alpha value is -2.70. The summed E-state index contributed by atoms with van der Waals surface area (Å²) in [6, 6.07) is 12.7.